The van der Waals surface area contributed by atoms with Gasteiger partial charge in [-0.05, 0) is 31.6 Å². The maximum Gasteiger partial charge on any atom is 0.415 e. The lowest BCUT2D eigenvalue weighted by Crippen LogP contribution is -2.41. The van der Waals surface area contributed by atoms with Crippen molar-refractivity contribution in [2.45, 2.75) is 82.1 Å². The normalized spacial score (nSPS) is 27.2. The highest BCUT2D eigenvalue weighted by atomic mass is 31.2. The molecular formula is C14H23F3O3P-. The molecule has 7 heteroatoms. The van der Waals surface area contributed by atoms with Gasteiger partial charge >= 0.3 is 6.18 Å². The monoisotopic (exact) mass is 327 g/mol. The minimum Gasteiger partial charge on any atom is -0.778 e. The van der Waals surface area contributed by atoms with E-state index in [9.17, 15) is 22.6 Å². The summed E-state index contributed by atoms with van der Waals surface area (Å²) in [6.07, 6.45) is -0.322. The fraction of sp³-hybridized carbons (Fsp3) is 1.00. The Labute approximate surface area is 123 Å². The molecule has 2 rings (SSSR count). The molecule has 2 saturated carbocycles. The predicted octanol–water partition coefficient (Wildman–Crippen LogP) is 4.40. The Hall–Kier alpha value is -0.0600. The van der Waals surface area contributed by atoms with Crippen molar-refractivity contribution >= 4 is 7.60 Å². The molecule has 0 saturated heterocycles. The first kappa shape index (κ1) is 17.3. The van der Waals surface area contributed by atoms with Crippen LogP contribution in [0.3, 0.4) is 0 Å². The lowest BCUT2D eigenvalue weighted by atomic mass is 9.85. The van der Waals surface area contributed by atoms with Crippen LogP contribution in [0, 0.1) is 5.92 Å². The van der Waals surface area contributed by atoms with E-state index in [1.807, 2.05) is 0 Å². The van der Waals surface area contributed by atoms with Crippen LogP contribution in [0.4, 0.5) is 13.2 Å². The van der Waals surface area contributed by atoms with Crippen molar-refractivity contribution < 1.29 is 27.2 Å². The van der Waals surface area contributed by atoms with Crippen molar-refractivity contribution in [3.63, 3.8) is 0 Å². The van der Waals surface area contributed by atoms with Gasteiger partial charge in [0.25, 0.3) is 0 Å². The van der Waals surface area contributed by atoms with Crippen LogP contribution < -0.4 is 4.89 Å². The zero-order valence-corrected chi connectivity index (χ0v) is 13.0. The van der Waals surface area contributed by atoms with Crippen LogP contribution in [0.25, 0.3) is 0 Å². The summed E-state index contributed by atoms with van der Waals surface area (Å²) in [5.74, 6) is -0.718. The van der Waals surface area contributed by atoms with Crippen LogP contribution in [-0.4, -0.2) is 17.9 Å². The molecule has 0 aliphatic heterocycles. The maximum absolute atomic E-state index is 13.2. The number of hydrogen-bond donors (Lipinski definition) is 0. The molecule has 0 spiro atoms. The third-order valence-electron chi connectivity index (χ3n) is 4.68. The number of hydrogen-bond acceptors (Lipinski definition) is 3. The first-order valence-corrected chi connectivity index (χ1v) is 9.48. The molecule has 0 heterocycles. The molecule has 0 bridgehead atoms. The number of alkyl halides is 3. The Balaban J connectivity index is 2.08. The molecule has 2 aliphatic carbocycles. The van der Waals surface area contributed by atoms with Gasteiger partial charge in [0.15, 0.2) is 6.10 Å². The Morgan fingerprint density at radius 2 is 1.43 bits per heavy atom. The van der Waals surface area contributed by atoms with Crippen molar-refractivity contribution in [2.24, 2.45) is 5.92 Å². The molecule has 2 fully saturated rings. The first-order chi connectivity index (χ1) is 9.81. The van der Waals surface area contributed by atoms with Gasteiger partial charge < -0.3 is 14.0 Å². The molecule has 2 atom stereocenters. The van der Waals surface area contributed by atoms with Crippen molar-refractivity contribution in [3.8, 4) is 0 Å². The highest BCUT2D eigenvalue weighted by Crippen LogP contribution is 2.53. The van der Waals surface area contributed by atoms with Gasteiger partial charge in [-0.1, -0.05) is 38.5 Å². The van der Waals surface area contributed by atoms with Gasteiger partial charge in [-0.3, -0.25) is 0 Å². The van der Waals surface area contributed by atoms with E-state index in [1.165, 1.54) is 0 Å². The molecule has 2 aliphatic rings. The van der Waals surface area contributed by atoms with E-state index in [1.54, 1.807) is 0 Å². The van der Waals surface area contributed by atoms with E-state index in [4.69, 9.17) is 4.52 Å². The van der Waals surface area contributed by atoms with E-state index >= 15 is 0 Å². The summed E-state index contributed by atoms with van der Waals surface area (Å²) in [7, 11) is -4.46. The van der Waals surface area contributed by atoms with Gasteiger partial charge in [0.05, 0.1) is 0 Å². The van der Waals surface area contributed by atoms with E-state index in [0.29, 0.717) is 38.5 Å². The molecule has 0 radical (unpaired) electrons. The van der Waals surface area contributed by atoms with Crippen molar-refractivity contribution in [2.75, 3.05) is 0 Å². The Morgan fingerprint density at radius 3 is 1.90 bits per heavy atom. The molecule has 0 aromatic carbocycles. The van der Waals surface area contributed by atoms with Gasteiger partial charge in [-0.15, -0.1) is 0 Å². The number of halogens is 3. The molecule has 0 aromatic rings. The van der Waals surface area contributed by atoms with Crippen molar-refractivity contribution in [3.05, 3.63) is 0 Å². The maximum atomic E-state index is 13.2. The lowest BCUT2D eigenvalue weighted by molar-refractivity contribution is -0.251. The van der Waals surface area contributed by atoms with Gasteiger partial charge in [0.1, 0.15) is 7.60 Å². The van der Waals surface area contributed by atoms with Crippen LogP contribution in [0.2, 0.25) is 0 Å². The zero-order chi connectivity index (χ0) is 15.5. The summed E-state index contributed by atoms with van der Waals surface area (Å²) in [6.45, 7) is 0. The second kappa shape index (κ2) is 7.01. The Morgan fingerprint density at radius 1 is 0.952 bits per heavy atom. The highest BCUT2D eigenvalue weighted by molar-refractivity contribution is 7.52. The van der Waals surface area contributed by atoms with Gasteiger partial charge in [0, 0.05) is 5.66 Å². The highest BCUT2D eigenvalue weighted by Gasteiger charge is 2.48. The van der Waals surface area contributed by atoms with Gasteiger partial charge in [-0.25, -0.2) is 0 Å². The van der Waals surface area contributed by atoms with Crippen LogP contribution in [0.1, 0.15) is 64.2 Å². The lowest BCUT2D eigenvalue weighted by Gasteiger charge is -2.40. The average Bonchev–Trinajstić information content (AvgIpc) is 2.46. The van der Waals surface area contributed by atoms with Crippen LogP contribution in [0.15, 0.2) is 0 Å². The fourth-order valence-corrected chi connectivity index (χ4v) is 5.27. The van der Waals surface area contributed by atoms with E-state index < -0.39 is 31.5 Å². The second-order valence-corrected chi connectivity index (χ2v) is 8.32. The quantitative estimate of drug-likeness (QED) is 0.719. The molecule has 124 valence electrons. The zero-order valence-electron chi connectivity index (χ0n) is 12.1. The topological polar surface area (TPSA) is 49.4 Å². The molecule has 0 aromatic heterocycles. The minimum atomic E-state index is -4.61. The standard InChI is InChI=1S/C14H24F3O3P/c15-14(16,17)13(11-7-3-1-4-8-11)20-21(18,19)12-9-5-2-6-10-12/h11-13H,1-10H2,(H,18,19)/p-1. The summed E-state index contributed by atoms with van der Waals surface area (Å²) >= 11 is 0. The first-order valence-electron chi connectivity index (χ1n) is 7.86. The summed E-state index contributed by atoms with van der Waals surface area (Å²) in [6, 6.07) is 0. The third-order valence-corrected chi connectivity index (χ3v) is 6.61. The van der Waals surface area contributed by atoms with Crippen molar-refractivity contribution in [1.82, 2.24) is 0 Å². The van der Waals surface area contributed by atoms with E-state index in [0.717, 1.165) is 25.7 Å². The predicted molar refractivity (Wildman–Crippen MR) is 72.0 cm³/mol. The van der Waals surface area contributed by atoms with Crippen LogP contribution in [0.5, 0.6) is 0 Å². The van der Waals surface area contributed by atoms with Crippen LogP contribution >= 0.6 is 7.60 Å². The fourth-order valence-electron chi connectivity index (χ4n) is 3.49. The third kappa shape index (κ3) is 4.70. The van der Waals surface area contributed by atoms with E-state index in [-0.39, 0.29) is 0 Å². The minimum absolute atomic E-state index is 0.398. The average molecular weight is 327 g/mol. The van der Waals surface area contributed by atoms with Gasteiger partial charge in [-0.2, -0.15) is 13.2 Å². The number of rotatable bonds is 4. The Kier molecular flexibility index (Phi) is 5.77. The second-order valence-electron chi connectivity index (χ2n) is 6.30. The molecule has 21 heavy (non-hydrogen) atoms. The summed E-state index contributed by atoms with van der Waals surface area (Å²) < 4.78 is 56.6. The molecular weight excluding hydrogens is 304 g/mol. The SMILES string of the molecule is O=P([O-])(OC(C1CCCCC1)C(F)(F)F)C1CCCCC1. The Bertz CT molecular complexity index is 374. The summed E-state index contributed by atoms with van der Waals surface area (Å²) in [5.41, 5.74) is -0.736. The van der Waals surface area contributed by atoms with Crippen molar-refractivity contribution in [1.29, 1.82) is 0 Å². The van der Waals surface area contributed by atoms with Gasteiger partial charge in [0.2, 0.25) is 0 Å². The summed E-state index contributed by atoms with van der Waals surface area (Å²) in [5, 5.41) is 0. The smallest absolute Gasteiger partial charge is 0.415 e. The summed E-state index contributed by atoms with van der Waals surface area (Å²) in [4.78, 5) is 12.2. The van der Waals surface area contributed by atoms with Crippen LogP contribution in [-0.2, 0) is 9.09 Å². The molecule has 0 amide bonds. The van der Waals surface area contributed by atoms with E-state index in [2.05, 4.69) is 0 Å². The molecule has 2 unspecified atom stereocenters. The molecule has 0 N–H and O–H groups in total. The largest absolute Gasteiger partial charge is 0.778 e. The molecule has 3 nitrogen and oxygen atoms in total.